The van der Waals surface area contributed by atoms with Gasteiger partial charge in [-0.05, 0) is 48.1 Å². The Labute approximate surface area is 191 Å². The zero-order valence-corrected chi connectivity index (χ0v) is 19.6. The fourth-order valence-electron chi connectivity index (χ4n) is 4.71. The lowest BCUT2D eigenvalue weighted by Gasteiger charge is -2.36. The lowest BCUT2D eigenvalue weighted by atomic mass is 9.75. The molecule has 1 N–H and O–H groups in total. The van der Waals surface area contributed by atoms with Crippen molar-refractivity contribution in [2.75, 3.05) is 20.8 Å². The molecule has 0 saturated heterocycles. The van der Waals surface area contributed by atoms with Crippen molar-refractivity contribution >= 4 is 11.4 Å². The standard InChI is InChI=1S/C27H34N2O3/c1-17(2)16-32-29-18(3)19-9-8-10-20(13-19)27-23-15-26(31-5)25(30-4)14-22(23)21-11-6-7-12-24(21)28-27/h8-10,13-15,17,21,24,29H,3,6-7,11-12,16H2,1-2,4-5H3/t21-,24-/m1/s1. The third kappa shape index (κ3) is 4.53. The van der Waals surface area contributed by atoms with Gasteiger partial charge in [0, 0.05) is 17.0 Å². The molecular weight excluding hydrogens is 400 g/mol. The van der Waals surface area contributed by atoms with E-state index in [1.165, 1.54) is 18.4 Å². The zero-order chi connectivity index (χ0) is 22.7. The third-order valence-electron chi connectivity index (χ3n) is 6.33. The van der Waals surface area contributed by atoms with E-state index in [9.17, 15) is 0 Å². The third-order valence-corrected chi connectivity index (χ3v) is 6.33. The van der Waals surface area contributed by atoms with E-state index >= 15 is 0 Å². The number of hydroxylamine groups is 1. The number of rotatable bonds is 8. The Morgan fingerprint density at radius 3 is 2.59 bits per heavy atom. The van der Waals surface area contributed by atoms with Crippen LogP contribution in [-0.2, 0) is 4.84 Å². The van der Waals surface area contributed by atoms with Crippen LogP contribution in [0.2, 0.25) is 0 Å². The average Bonchev–Trinajstić information content (AvgIpc) is 2.82. The Bertz CT molecular complexity index is 1010. The molecule has 32 heavy (non-hydrogen) atoms. The highest BCUT2D eigenvalue weighted by Crippen LogP contribution is 2.44. The first-order valence-corrected chi connectivity index (χ1v) is 11.5. The number of nitrogens with zero attached hydrogens (tertiary/aromatic N) is 1. The van der Waals surface area contributed by atoms with Gasteiger partial charge >= 0.3 is 0 Å². The van der Waals surface area contributed by atoms with Gasteiger partial charge in [0.05, 0.1) is 38.3 Å². The molecule has 0 aromatic heterocycles. The summed E-state index contributed by atoms with van der Waals surface area (Å²) in [6.45, 7) is 9.02. The van der Waals surface area contributed by atoms with E-state index in [1.54, 1.807) is 14.2 Å². The largest absolute Gasteiger partial charge is 0.493 e. The maximum Gasteiger partial charge on any atom is 0.161 e. The molecule has 1 aliphatic carbocycles. The van der Waals surface area contributed by atoms with Crippen LogP contribution in [0.1, 0.15) is 67.7 Å². The van der Waals surface area contributed by atoms with Gasteiger partial charge < -0.3 is 9.47 Å². The number of hydrogen-bond donors (Lipinski definition) is 1. The molecule has 5 heteroatoms. The lowest BCUT2D eigenvalue weighted by molar-refractivity contribution is 0.0582. The molecule has 0 bridgehead atoms. The van der Waals surface area contributed by atoms with Crippen LogP contribution in [-0.4, -0.2) is 32.6 Å². The zero-order valence-electron chi connectivity index (χ0n) is 19.6. The Morgan fingerprint density at radius 2 is 1.84 bits per heavy atom. The molecule has 170 valence electrons. The highest BCUT2D eigenvalue weighted by Gasteiger charge is 2.34. The van der Waals surface area contributed by atoms with Crippen LogP contribution in [0.15, 0.2) is 48.0 Å². The van der Waals surface area contributed by atoms with Crippen molar-refractivity contribution in [3.8, 4) is 11.5 Å². The van der Waals surface area contributed by atoms with Crippen molar-refractivity contribution in [3.63, 3.8) is 0 Å². The molecule has 2 aromatic rings. The van der Waals surface area contributed by atoms with Gasteiger partial charge in [0.25, 0.3) is 0 Å². The second-order valence-corrected chi connectivity index (χ2v) is 9.10. The molecule has 2 atom stereocenters. The second-order valence-electron chi connectivity index (χ2n) is 9.10. The molecule has 0 spiro atoms. The van der Waals surface area contributed by atoms with Gasteiger partial charge in [-0.25, -0.2) is 0 Å². The van der Waals surface area contributed by atoms with E-state index < -0.39 is 0 Å². The van der Waals surface area contributed by atoms with E-state index in [1.807, 2.05) is 6.07 Å². The molecule has 1 fully saturated rings. The number of ether oxygens (including phenoxy) is 2. The predicted octanol–water partition coefficient (Wildman–Crippen LogP) is 5.73. The van der Waals surface area contributed by atoms with Crippen molar-refractivity contribution in [3.05, 3.63) is 65.2 Å². The Balaban J connectivity index is 1.72. The summed E-state index contributed by atoms with van der Waals surface area (Å²) >= 11 is 0. The van der Waals surface area contributed by atoms with Crippen molar-refractivity contribution in [2.24, 2.45) is 10.9 Å². The first-order valence-electron chi connectivity index (χ1n) is 11.5. The summed E-state index contributed by atoms with van der Waals surface area (Å²) < 4.78 is 11.3. The van der Waals surface area contributed by atoms with E-state index in [0.717, 1.165) is 52.4 Å². The van der Waals surface area contributed by atoms with E-state index in [2.05, 4.69) is 56.2 Å². The van der Waals surface area contributed by atoms with E-state index in [4.69, 9.17) is 19.3 Å². The van der Waals surface area contributed by atoms with Gasteiger partial charge in [-0.3, -0.25) is 15.3 Å². The van der Waals surface area contributed by atoms with Crippen LogP contribution in [0, 0.1) is 5.92 Å². The number of fused-ring (bicyclic) bond motifs is 3. The van der Waals surface area contributed by atoms with Gasteiger partial charge in [-0.1, -0.05) is 51.5 Å². The van der Waals surface area contributed by atoms with Gasteiger partial charge in [-0.15, -0.1) is 0 Å². The minimum Gasteiger partial charge on any atom is -0.493 e. The topological polar surface area (TPSA) is 52.1 Å². The summed E-state index contributed by atoms with van der Waals surface area (Å²) in [6, 6.07) is 12.9. The lowest BCUT2D eigenvalue weighted by Crippen LogP contribution is -2.29. The molecule has 1 saturated carbocycles. The van der Waals surface area contributed by atoms with Crippen molar-refractivity contribution in [2.45, 2.75) is 51.5 Å². The SMILES string of the molecule is C=C(NOCC(C)C)c1cccc(C2=N[C@@H]3CCCC[C@@H]3c3cc(OC)c(OC)cc32)c1. The van der Waals surface area contributed by atoms with Gasteiger partial charge in [0.2, 0.25) is 0 Å². The molecule has 2 aliphatic rings. The highest BCUT2D eigenvalue weighted by molar-refractivity contribution is 6.15. The predicted molar refractivity (Wildman–Crippen MR) is 130 cm³/mol. The monoisotopic (exact) mass is 434 g/mol. The Hall–Kier alpha value is -2.79. The number of aliphatic imine (C=N–C) groups is 1. The summed E-state index contributed by atoms with van der Waals surface area (Å²) in [5, 5.41) is 0. The minimum absolute atomic E-state index is 0.309. The van der Waals surface area contributed by atoms with Gasteiger partial charge in [0.15, 0.2) is 11.5 Å². The summed E-state index contributed by atoms with van der Waals surface area (Å²) in [4.78, 5) is 10.8. The molecule has 0 amide bonds. The molecule has 0 unspecified atom stereocenters. The molecular formula is C27H34N2O3. The molecule has 1 heterocycles. The first kappa shape index (κ1) is 22.4. The van der Waals surface area contributed by atoms with Crippen LogP contribution < -0.4 is 15.0 Å². The first-order chi connectivity index (χ1) is 15.5. The summed E-state index contributed by atoms with van der Waals surface area (Å²) in [5.41, 5.74) is 9.27. The molecule has 0 radical (unpaired) electrons. The van der Waals surface area contributed by atoms with E-state index in [-0.39, 0.29) is 0 Å². The molecule has 4 rings (SSSR count). The van der Waals surface area contributed by atoms with Crippen molar-refractivity contribution < 1.29 is 14.3 Å². The normalized spacial score (nSPS) is 19.6. The number of methoxy groups -OCH3 is 2. The summed E-state index contributed by atoms with van der Waals surface area (Å²) in [5.74, 6) is 2.40. The average molecular weight is 435 g/mol. The quantitative estimate of drug-likeness (QED) is 0.539. The number of benzene rings is 2. The van der Waals surface area contributed by atoms with Crippen LogP contribution >= 0.6 is 0 Å². The second kappa shape index (κ2) is 9.78. The maximum absolute atomic E-state index is 5.63. The molecule has 1 aliphatic heterocycles. The number of hydrogen-bond acceptors (Lipinski definition) is 5. The van der Waals surface area contributed by atoms with Crippen LogP contribution in [0.4, 0.5) is 0 Å². The van der Waals surface area contributed by atoms with Crippen LogP contribution in [0.5, 0.6) is 11.5 Å². The number of nitrogens with one attached hydrogen (secondary N) is 1. The van der Waals surface area contributed by atoms with Crippen LogP contribution in [0.3, 0.4) is 0 Å². The highest BCUT2D eigenvalue weighted by atomic mass is 16.6. The Morgan fingerprint density at radius 1 is 1.09 bits per heavy atom. The molecule has 5 nitrogen and oxygen atoms in total. The minimum atomic E-state index is 0.309. The summed E-state index contributed by atoms with van der Waals surface area (Å²) in [7, 11) is 3.38. The fourth-order valence-corrected chi connectivity index (χ4v) is 4.71. The van der Waals surface area contributed by atoms with Crippen molar-refractivity contribution in [1.82, 2.24) is 5.48 Å². The smallest absolute Gasteiger partial charge is 0.161 e. The van der Waals surface area contributed by atoms with Crippen molar-refractivity contribution in [1.29, 1.82) is 0 Å². The Kier molecular flexibility index (Phi) is 6.85. The summed E-state index contributed by atoms with van der Waals surface area (Å²) in [6.07, 6.45) is 4.77. The van der Waals surface area contributed by atoms with Gasteiger partial charge in [-0.2, -0.15) is 0 Å². The molecule has 2 aromatic carbocycles. The fraction of sp³-hybridized carbons (Fsp3) is 0.444. The van der Waals surface area contributed by atoms with Crippen LogP contribution in [0.25, 0.3) is 5.70 Å². The maximum atomic E-state index is 5.63. The van der Waals surface area contributed by atoms with E-state index in [0.29, 0.717) is 24.5 Å². The van der Waals surface area contributed by atoms with Gasteiger partial charge in [0.1, 0.15) is 0 Å².